The first-order valence-electron chi connectivity index (χ1n) is 4.69. The van der Waals surface area contributed by atoms with Crippen LogP contribution in [0.1, 0.15) is 26.2 Å². The van der Waals surface area contributed by atoms with Gasteiger partial charge in [0.05, 0.1) is 6.61 Å². The summed E-state index contributed by atoms with van der Waals surface area (Å²) in [6.45, 7) is 1.22. The minimum atomic E-state index is -4.25. The fourth-order valence-corrected chi connectivity index (χ4v) is 1.83. The van der Waals surface area contributed by atoms with Crippen molar-refractivity contribution in [2.24, 2.45) is 5.41 Å². The second kappa shape index (κ2) is 4.31. The standard InChI is InChI=1S/C9H15F3OS/c1-7(9(10,11)12)13-5-8(6-14)3-2-4-8/h7,14H,2-6H2,1H3. The van der Waals surface area contributed by atoms with Gasteiger partial charge >= 0.3 is 6.18 Å². The molecule has 0 heterocycles. The Morgan fingerprint density at radius 2 is 2.00 bits per heavy atom. The van der Waals surface area contributed by atoms with E-state index in [1.165, 1.54) is 0 Å². The van der Waals surface area contributed by atoms with E-state index in [4.69, 9.17) is 4.74 Å². The molecule has 84 valence electrons. The molecule has 0 radical (unpaired) electrons. The Morgan fingerprint density at radius 1 is 1.43 bits per heavy atom. The molecule has 1 aliphatic rings. The minimum Gasteiger partial charge on any atom is -0.368 e. The van der Waals surface area contributed by atoms with Gasteiger partial charge in [0.2, 0.25) is 0 Å². The summed E-state index contributed by atoms with van der Waals surface area (Å²) >= 11 is 4.15. The van der Waals surface area contributed by atoms with Crippen molar-refractivity contribution < 1.29 is 17.9 Å². The predicted octanol–water partition coefficient (Wildman–Crippen LogP) is 3.05. The minimum absolute atomic E-state index is 0.0946. The van der Waals surface area contributed by atoms with Crippen LogP contribution in [-0.4, -0.2) is 24.6 Å². The summed E-state index contributed by atoms with van der Waals surface area (Å²) in [6.07, 6.45) is -2.98. The molecule has 14 heavy (non-hydrogen) atoms. The van der Waals surface area contributed by atoms with Gasteiger partial charge in [0.1, 0.15) is 0 Å². The molecule has 0 bridgehead atoms. The van der Waals surface area contributed by atoms with Gasteiger partial charge in [0.25, 0.3) is 0 Å². The second-order valence-electron chi connectivity index (χ2n) is 4.01. The van der Waals surface area contributed by atoms with E-state index >= 15 is 0 Å². The maximum atomic E-state index is 12.1. The van der Waals surface area contributed by atoms with Gasteiger partial charge in [-0.1, -0.05) is 6.42 Å². The second-order valence-corrected chi connectivity index (χ2v) is 4.32. The lowest BCUT2D eigenvalue weighted by atomic mass is 9.71. The molecular formula is C9H15F3OS. The average molecular weight is 228 g/mol. The van der Waals surface area contributed by atoms with Crippen LogP contribution < -0.4 is 0 Å². The molecule has 1 fully saturated rings. The maximum Gasteiger partial charge on any atom is 0.414 e. The Morgan fingerprint density at radius 3 is 2.29 bits per heavy atom. The van der Waals surface area contributed by atoms with E-state index in [-0.39, 0.29) is 12.0 Å². The number of ether oxygens (including phenoxy) is 1. The molecule has 5 heteroatoms. The summed E-state index contributed by atoms with van der Waals surface area (Å²) < 4.78 is 41.1. The summed E-state index contributed by atoms with van der Waals surface area (Å²) in [5.74, 6) is 0.609. The van der Waals surface area contributed by atoms with Gasteiger partial charge in [-0.25, -0.2) is 0 Å². The molecule has 1 unspecified atom stereocenters. The third kappa shape index (κ3) is 2.79. The van der Waals surface area contributed by atoms with E-state index in [0.717, 1.165) is 26.2 Å². The molecule has 1 aliphatic carbocycles. The van der Waals surface area contributed by atoms with Crippen LogP contribution in [0.5, 0.6) is 0 Å². The first-order chi connectivity index (χ1) is 6.40. The Kier molecular flexibility index (Phi) is 3.75. The quantitative estimate of drug-likeness (QED) is 0.728. The van der Waals surface area contributed by atoms with E-state index in [0.29, 0.717) is 5.75 Å². The van der Waals surface area contributed by atoms with E-state index in [2.05, 4.69) is 12.6 Å². The summed E-state index contributed by atoms with van der Waals surface area (Å²) in [4.78, 5) is 0. The lowest BCUT2D eigenvalue weighted by Gasteiger charge is -2.41. The topological polar surface area (TPSA) is 9.23 Å². The van der Waals surface area contributed by atoms with Gasteiger partial charge in [0, 0.05) is 5.41 Å². The summed E-state index contributed by atoms with van der Waals surface area (Å²) in [5, 5.41) is 0. The molecule has 0 amide bonds. The van der Waals surface area contributed by atoms with Crippen LogP contribution in [0.15, 0.2) is 0 Å². The lowest BCUT2D eigenvalue weighted by Crippen LogP contribution is -2.40. The molecule has 0 aliphatic heterocycles. The van der Waals surface area contributed by atoms with Gasteiger partial charge in [-0.3, -0.25) is 0 Å². The van der Waals surface area contributed by atoms with Crippen LogP contribution in [0, 0.1) is 5.41 Å². The Bertz CT molecular complexity index is 183. The highest BCUT2D eigenvalue weighted by Crippen LogP contribution is 2.42. The van der Waals surface area contributed by atoms with E-state index in [1.807, 2.05) is 0 Å². The summed E-state index contributed by atoms with van der Waals surface area (Å²) in [7, 11) is 0. The van der Waals surface area contributed by atoms with Gasteiger partial charge in [-0.15, -0.1) is 0 Å². The first-order valence-corrected chi connectivity index (χ1v) is 5.32. The highest BCUT2D eigenvalue weighted by atomic mass is 32.1. The summed E-state index contributed by atoms with van der Waals surface area (Å²) in [5.41, 5.74) is -0.0946. The zero-order valence-electron chi connectivity index (χ0n) is 8.10. The van der Waals surface area contributed by atoms with Crippen molar-refractivity contribution in [2.45, 2.75) is 38.5 Å². The van der Waals surface area contributed by atoms with Crippen molar-refractivity contribution in [3.8, 4) is 0 Å². The number of alkyl halides is 3. The van der Waals surface area contributed by atoms with Crippen molar-refractivity contribution >= 4 is 12.6 Å². The molecule has 0 aromatic heterocycles. The first kappa shape index (κ1) is 12.2. The third-order valence-corrected chi connectivity index (χ3v) is 3.52. The molecule has 0 aromatic rings. The Labute approximate surface area is 87.4 Å². The fraction of sp³-hybridized carbons (Fsp3) is 1.00. The van der Waals surface area contributed by atoms with Crippen LogP contribution in [0.4, 0.5) is 13.2 Å². The van der Waals surface area contributed by atoms with Gasteiger partial charge < -0.3 is 4.74 Å². The molecule has 1 saturated carbocycles. The molecule has 0 spiro atoms. The van der Waals surface area contributed by atoms with Gasteiger partial charge in [-0.05, 0) is 25.5 Å². The van der Waals surface area contributed by atoms with Gasteiger partial charge in [0.15, 0.2) is 6.10 Å². The zero-order valence-corrected chi connectivity index (χ0v) is 9.00. The molecule has 0 aromatic carbocycles. The Balaban J connectivity index is 2.32. The van der Waals surface area contributed by atoms with Crippen LogP contribution in [-0.2, 0) is 4.74 Å². The van der Waals surface area contributed by atoms with E-state index in [1.54, 1.807) is 0 Å². The summed E-state index contributed by atoms with van der Waals surface area (Å²) in [6, 6.07) is 0. The van der Waals surface area contributed by atoms with Crippen LogP contribution in [0.25, 0.3) is 0 Å². The van der Waals surface area contributed by atoms with Crippen molar-refractivity contribution in [1.82, 2.24) is 0 Å². The van der Waals surface area contributed by atoms with Crippen LogP contribution in [0.3, 0.4) is 0 Å². The number of hydrogen-bond donors (Lipinski definition) is 1. The maximum absolute atomic E-state index is 12.1. The van der Waals surface area contributed by atoms with Crippen LogP contribution in [0.2, 0.25) is 0 Å². The third-order valence-electron chi connectivity index (χ3n) is 2.85. The van der Waals surface area contributed by atoms with Crippen molar-refractivity contribution in [3.05, 3.63) is 0 Å². The van der Waals surface area contributed by atoms with Crippen molar-refractivity contribution in [3.63, 3.8) is 0 Å². The normalized spacial score (nSPS) is 22.9. The number of hydrogen-bond acceptors (Lipinski definition) is 2. The van der Waals surface area contributed by atoms with E-state index in [9.17, 15) is 13.2 Å². The zero-order chi connectivity index (χ0) is 10.8. The Hall–Kier alpha value is 0.100. The largest absolute Gasteiger partial charge is 0.414 e. The van der Waals surface area contributed by atoms with Gasteiger partial charge in [-0.2, -0.15) is 25.8 Å². The van der Waals surface area contributed by atoms with E-state index < -0.39 is 12.3 Å². The van der Waals surface area contributed by atoms with Crippen molar-refractivity contribution in [1.29, 1.82) is 0 Å². The lowest BCUT2D eigenvalue weighted by molar-refractivity contribution is -0.223. The SMILES string of the molecule is CC(OCC1(CS)CCC1)C(F)(F)F. The number of thiol groups is 1. The van der Waals surface area contributed by atoms with Crippen molar-refractivity contribution in [2.75, 3.05) is 12.4 Å². The molecule has 0 N–H and O–H groups in total. The predicted molar refractivity (Wildman–Crippen MR) is 51.6 cm³/mol. The molecular weight excluding hydrogens is 213 g/mol. The average Bonchev–Trinajstić information content (AvgIpc) is 2.01. The number of rotatable bonds is 4. The fourth-order valence-electron chi connectivity index (χ4n) is 1.42. The molecule has 1 atom stereocenters. The molecule has 1 nitrogen and oxygen atoms in total. The van der Waals surface area contributed by atoms with Crippen LogP contribution >= 0.6 is 12.6 Å². The monoisotopic (exact) mass is 228 g/mol. The number of halogens is 3. The molecule has 0 saturated heterocycles. The highest BCUT2D eigenvalue weighted by Gasteiger charge is 2.41. The molecule has 1 rings (SSSR count). The highest BCUT2D eigenvalue weighted by molar-refractivity contribution is 7.80. The smallest absolute Gasteiger partial charge is 0.368 e.